The molecule has 0 heterocycles. The minimum Gasteiger partial charge on any atom is -0.497 e. The SMILES string of the molecule is COc1ccc(CNC(=O)/C(C#N)=C\c2cc(Br)c(OCc3ccc(Br)cc3)c(OC)c2)cc1. The number of halogens is 2. The molecule has 3 aromatic rings. The van der Waals surface area contributed by atoms with Crippen LogP contribution < -0.4 is 19.5 Å². The summed E-state index contributed by atoms with van der Waals surface area (Å²) >= 11 is 6.93. The normalized spacial score (nSPS) is 10.9. The first-order chi connectivity index (χ1) is 16.4. The number of amides is 1. The molecule has 0 bridgehead atoms. The van der Waals surface area contributed by atoms with Crippen LogP contribution in [0.2, 0.25) is 0 Å². The Balaban J connectivity index is 1.72. The molecule has 34 heavy (non-hydrogen) atoms. The van der Waals surface area contributed by atoms with Crippen molar-refractivity contribution in [2.75, 3.05) is 14.2 Å². The third-order valence-corrected chi connectivity index (χ3v) is 5.95. The van der Waals surface area contributed by atoms with Crippen molar-refractivity contribution >= 4 is 43.8 Å². The van der Waals surface area contributed by atoms with E-state index in [1.54, 1.807) is 19.2 Å². The maximum Gasteiger partial charge on any atom is 0.262 e. The van der Waals surface area contributed by atoms with Crippen LogP contribution in [-0.2, 0) is 17.9 Å². The van der Waals surface area contributed by atoms with E-state index in [9.17, 15) is 10.1 Å². The van der Waals surface area contributed by atoms with Gasteiger partial charge in [0.15, 0.2) is 11.5 Å². The van der Waals surface area contributed by atoms with Gasteiger partial charge >= 0.3 is 0 Å². The van der Waals surface area contributed by atoms with E-state index in [4.69, 9.17) is 14.2 Å². The summed E-state index contributed by atoms with van der Waals surface area (Å²) in [6, 6.07) is 20.6. The number of nitrogens with zero attached hydrogens (tertiary/aromatic N) is 1. The first-order valence-corrected chi connectivity index (χ1v) is 11.8. The zero-order chi connectivity index (χ0) is 24.5. The van der Waals surface area contributed by atoms with Gasteiger partial charge in [-0.2, -0.15) is 5.26 Å². The lowest BCUT2D eigenvalue weighted by atomic mass is 10.1. The fourth-order valence-corrected chi connectivity index (χ4v) is 3.87. The van der Waals surface area contributed by atoms with E-state index < -0.39 is 5.91 Å². The van der Waals surface area contributed by atoms with Crippen LogP contribution >= 0.6 is 31.9 Å². The van der Waals surface area contributed by atoms with E-state index in [0.717, 1.165) is 21.3 Å². The molecule has 0 unspecified atom stereocenters. The molecule has 6 nitrogen and oxygen atoms in total. The lowest BCUT2D eigenvalue weighted by Crippen LogP contribution is -2.23. The van der Waals surface area contributed by atoms with Crippen LogP contribution in [0.4, 0.5) is 0 Å². The molecule has 174 valence electrons. The van der Waals surface area contributed by atoms with Crippen molar-refractivity contribution in [1.29, 1.82) is 5.26 Å². The van der Waals surface area contributed by atoms with Crippen LogP contribution in [0.25, 0.3) is 6.08 Å². The Morgan fingerprint density at radius 1 is 1.00 bits per heavy atom. The summed E-state index contributed by atoms with van der Waals surface area (Å²) in [4.78, 5) is 12.6. The molecular weight excluding hydrogens is 564 g/mol. The molecule has 0 aliphatic heterocycles. The fourth-order valence-electron chi connectivity index (χ4n) is 3.04. The maximum absolute atomic E-state index is 12.6. The van der Waals surface area contributed by atoms with Gasteiger partial charge in [0.25, 0.3) is 5.91 Å². The Morgan fingerprint density at radius 3 is 2.29 bits per heavy atom. The number of methoxy groups -OCH3 is 2. The highest BCUT2D eigenvalue weighted by Gasteiger charge is 2.14. The minimum absolute atomic E-state index is 0.0222. The van der Waals surface area contributed by atoms with Crippen LogP contribution in [0.1, 0.15) is 16.7 Å². The summed E-state index contributed by atoms with van der Waals surface area (Å²) in [7, 11) is 3.13. The van der Waals surface area contributed by atoms with Crippen LogP contribution in [0.3, 0.4) is 0 Å². The van der Waals surface area contributed by atoms with Crippen molar-refractivity contribution in [2.24, 2.45) is 0 Å². The molecular formula is C26H22Br2N2O4. The number of rotatable bonds is 9. The minimum atomic E-state index is -0.469. The predicted octanol–water partition coefficient (Wildman–Crippen LogP) is 6.03. The molecule has 8 heteroatoms. The number of nitriles is 1. The standard InChI is InChI=1S/C26H22Br2N2O4/c1-32-22-9-5-17(6-10-22)15-30-26(31)20(14-29)11-19-12-23(28)25(24(13-19)33-2)34-16-18-3-7-21(27)8-4-18/h3-13H,15-16H2,1-2H3,(H,30,31)/b20-11-. The second-order valence-electron chi connectivity index (χ2n) is 7.15. The van der Waals surface area contributed by atoms with E-state index in [2.05, 4.69) is 37.2 Å². The van der Waals surface area contributed by atoms with Crippen LogP contribution in [-0.4, -0.2) is 20.1 Å². The summed E-state index contributed by atoms with van der Waals surface area (Å²) < 4.78 is 18.2. The molecule has 0 fully saturated rings. The lowest BCUT2D eigenvalue weighted by molar-refractivity contribution is -0.117. The van der Waals surface area contributed by atoms with Gasteiger partial charge in [-0.15, -0.1) is 0 Å². The van der Waals surface area contributed by atoms with E-state index in [0.29, 0.717) is 28.1 Å². The summed E-state index contributed by atoms with van der Waals surface area (Å²) in [6.07, 6.45) is 1.51. The highest BCUT2D eigenvalue weighted by atomic mass is 79.9. The number of carbonyl (C=O) groups excluding carboxylic acids is 1. The molecule has 0 aliphatic carbocycles. The summed E-state index contributed by atoms with van der Waals surface area (Å²) in [5.41, 5.74) is 2.49. The summed E-state index contributed by atoms with van der Waals surface area (Å²) in [5, 5.41) is 12.3. The zero-order valence-electron chi connectivity index (χ0n) is 18.6. The monoisotopic (exact) mass is 584 g/mol. The van der Waals surface area contributed by atoms with E-state index in [1.165, 1.54) is 13.2 Å². The first-order valence-electron chi connectivity index (χ1n) is 10.2. The maximum atomic E-state index is 12.6. The van der Waals surface area contributed by atoms with Crippen molar-refractivity contribution < 1.29 is 19.0 Å². The predicted molar refractivity (Wildman–Crippen MR) is 138 cm³/mol. The molecule has 0 aliphatic rings. The van der Waals surface area contributed by atoms with Gasteiger partial charge in [-0.05, 0) is 75.1 Å². The van der Waals surface area contributed by atoms with Crippen LogP contribution in [0.15, 0.2) is 75.2 Å². The van der Waals surface area contributed by atoms with Gasteiger partial charge in [0, 0.05) is 11.0 Å². The number of ether oxygens (including phenoxy) is 3. The molecule has 3 rings (SSSR count). The highest BCUT2D eigenvalue weighted by molar-refractivity contribution is 9.10. The molecule has 0 saturated heterocycles. The number of hydrogen-bond donors (Lipinski definition) is 1. The Labute approximate surface area is 215 Å². The third-order valence-electron chi connectivity index (χ3n) is 4.84. The Morgan fingerprint density at radius 2 is 1.68 bits per heavy atom. The Bertz CT molecular complexity index is 1220. The van der Waals surface area contributed by atoms with Crippen molar-refractivity contribution in [3.05, 3.63) is 91.9 Å². The van der Waals surface area contributed by atoms with Gasteiger partial charge in [-0.3, -0.25) is 4.79 Å². The Hall–Kier alpha value is -3.28. The zero-order valence-corrected chi connectivity index (χ0v) is 21.8. The second-order valence-corrected chi connectivity index (χ2v) is 8.92. The first kappa shape index (κ1) is 25.3. The van der Waals surface area contributed by atoms with Crippen LogP contribution in [0.5, 0.6) is 17.2 Å². The van der Waals surface area contributed by atoms with Crippen molar-refractivity contribution in [3.8, 4) is 23.3 Å². The highest BCUT2D eigenvalue weighted by Crippen LogP contribution is 2.37. The lowest BCUT2D eigenvalue weighted by Gasteiger charge is -2.14. The average Bonchev–Trinajstić information content (AvgIpc) is 2.86. The summed E-state index contributed by atoms with van der Waals surface area (Å²) in [6.45, 7) is 0.645. The van der Waals surface area contributed by atoms with Crippen LogP contribution in [0, 0.1) is 11.3 Å². The van der Waals surface area contributed by atoms with Gasteiger partial charge < -0.3 is 19.5 Å². The van der Waals surface area contributed by atoms with E-state index >= 15 is 0 Å². The van der Waals surface area contributed by atoms with Gasteiger partial charge in [0.1, 0.15) is 24.0 Å². The number of hydrogen-bond acceptors (Lipinski definition) is 5. The fraction of sp³-hybridized carbons (Fsp3) is 0.154. The van der Waals surface area contributed by atoms with Gasteiger partial charge in [0.05, 0.1) is 18.7 Å². The van der Waals surface area contributed by atoms with Crippen molar-refractivity contribution in [1.82, 2.24) is 5.32 Å². The van der Waals surface area contributed by atoms with Crippen molar-refractivity contribution in [3.63, 3.8) is 0 Å². The molecule has 0 atom stereocenters. The topological polar surface area (TPSA) is 80.6 Å². The third kappa shape index (κ3) is 6.86. The number of carbonyl (C=O) groups is 1. The van der Waals surface area contributed by atoms with Gasteiger partial charge in [0.2, 0.25) is 0 Å². The molecule has 3 aromatic carbocycles. The molecule has 1 amide bonds. The van der Waals surface area contributed by atoms with Crippen molar-refractivity contribution in [2.45, 2.75) is 13.2 Å². The Kier molecular flexibility index (Phi) is 9.14. The molecule has 0 radical (unpaired) electrons. The molecule has 0 saturated carbocycles. The molecule has 1 N–H and O–H groups in total. The number of nitrogens with one attached hydrogen (secondary N) is 1. The smallest absolute Gasteiger partial charge is 0.262 e. The second kappa shape index (κ2) is 12.3. The van der Waals surface area contributed by atoms with Gasteiger partial charge in [-0.1, -0.05) is 40.2 Å². The molecule has 0 spiro atoms. The number of benzene rings is 3. The molecule has 0 aromatic heterocycles. The largest absolute Gasteiger partial charge is 0.497 e. The quantitative estimate of drug-likeness (QED) is 0.245. The summed E-state index contributed by atoms with van der Waals surface area (Å²) in [5.74, 6) is 1.28. The van der Waals surface area contributed by atoms with E-state index in [-0.39, 0.29) is 12.1 Å². The average molecular weight is 586 g/mol. The van der Waals surface area contributed by atoms with E-state index in [1.807, 2.05) is 54.6 Å². The van der Waals surface area contributed by atoms with Gasteiger partial charge in [-0.25, -0.2) is 0 Å².